The maximum Gasteiger partial charge on any atom is 0.274 e. The highest BCUT2D eigenvalue weighted by atomic mass is 16.5. The summed E-state index contributed by atoms with van der Waals surface area (Å²) in [5.41, 5.74) is 3.13. The zero-order valence-electron chi connectivity index (χ0n) is 15.5. The molecule has 1 aromatic heterocycles. The van der Waals surface area contributed by atoms with E-state index in [4.69, 9.17) is 4.74 Å². The monoisotopic (exact) mass is 353 g/mol. The summed E-state index contributed by atoms with van der Waals surface area (Å²) in [6.45, 7) is 3.34. The Morgan fingerprint density at radius 2 is 1.96 bits per heavy atom. The van der Waals surface area contributed by atoms with Crippen molar-refractivity contribution in [3.8, 4) is 0 Å². The van der Waals surface area contributed by atoms with Gasteiger partial charge in [-0.15, -0.1) is 0 Å². The molecule has 26 heavy (non-hydrogen) atoms. The largest absolute Gasteiger partial charge is 0.381 e. The van der Waals surface area contributed by atoms with Crippen molar-refractivity contribution in [2.24, 2.45) is 12.5 Å². The fraction of sp³-hybridized carbons (Fsp3) is 0.524. The summed E-state index contributed by atoms with van der Waals surface area (Å²) in [4.78, 5) is 15.1. The molecule has 0 aliphatic carbocycles. The van der Waals surface area contributed by atoms with Gasteiger partial charge in [-0.1, -0.05) is 30.3 Å². The molecule has 5 heteroatoms. The van der Waals surface area contributed by atoms with E-state index in [-0.39, 0.29) is 11.3 Å². The summed E-state index contributed by atoms with van der Waals surface area (Å²) < 4.78 is 7.38. The number of rotatable bonds is 3. The number of ether oxygens (including phenoxy) is 1. The van der Waals surface area contributed by atoms with Crippen molar-refractivity contribution in [2.75, 3.05) is 26.3 Å². The number of aromatic nitrogens is 2. The van der Waals surface area contributed by atoms with Gasteiger partial charge in [-0.3, -0.25) is 9.48 Å². The molecule has 4 rings (SSSR count). The molecule has 1 aromatic carbocycles. The first-order chi connectivity index (χ1) is 12.7. The van der Waals surface area contributed by atoms with Gasteiger partial charge < -0.3 is 9.64 Å². The number of piperidine rings is 1. The molecule has 0 unspecified atom stereocenters. The van der Waals surface area contributed by atoms with Gasteiger partial charge in [0.25, 0.3) is 5.91 Å². The van der Waals surface area contributed by atoms with E-state index in [2.05, 4.69) is 17.2 Å². The van der Waals surface area contributed by atoms with Crippen LogP contribution in [-0.4, -0.2) is 46.9 Å². The molecule has 0 N–H and O–H groups in total. The molecule has 3 heterocycles. The number of benzene rings is 1. The highest BCUT2D eigenvalue weighted by Crippen LogP contribution is 2.39. The normalized spacial score (nSPS) is 19.7. The molecular formula is C21H27N3O2. The van der Waals surface area contributed by atoms with E-state index in [0.717, 1.165) is 57.7 Å². The number of carbonyl (C=O) groups excluding carboxylic acids is 1. The molecule has 0 atom stereocenters. The maximum atomic E-state index is 13.1. The standard InChI is InChI=1S/C21H27N3O2/c1-23-18(14-17-6-3-2-4-7-17)15-19(22-23)20(25)24-11-5-8-21(16-24)9-12-26-13-10-21/h2-4,6-7,15H,5,8-14,16H2,1H3. The average Bonchev–Trinajstić information content (AvgIpc) is 3.03. The smallest absolute Gasteiger partial charge is 0.274 e. The minimum Gasteiger partial charge on any atom is -0.381 e. The summed E-state index contributed by atoms with van der Waals surface area (Å²) in [6.07, 6.45) is 5.21. The Morgan fingerprint density at radius 3 is 2.73 bits per heavy atom. The van der Waals surface area contributed by atoms with Crippen molar-refractivity contribution in [1.82, 2.24) is 14.7 Å². The van der Waals surface area contributed by atoms with Gasteiger partial charge in [0.2, 0.25) is 0 Å². The molecule has 2 aliphatic heterocycles. The van der Waals surface area contributed by atoms with Crippen LogP contribution in [-0.2, 0) is 18.2 Å². The molecule has 1 spiro atoms. The molecule has 0 saturated carbocycles. The van der Waals surface area contributed by atoms with Crippen molar-refractivity contribution >= 4 is 5.91 Å². The third-order valence-corrected chi connectivity index (χ3v) is 5.93. The van der Waals surface area contributed by atoms with Crippen LogP contribution in [0.3, 0.4) is 0 Å². The molecule has 2 aliphatic rings. The molecule has 2 fully saturated rings. The lowest BCUT2D eigenvalue weighted by Gasteiger charge is -2.44. The minimum atomic E-state index is 0.0745. The zero-order chi connectivity index (χ0) is 18.0. The predicted octanol–water partition coefficient (Wildman–Crippen LogP) is 3.04. The van der Waals surface area contributed by atoms with Crippen molar-refractivity contribution in [3.63, 3.8) is 0 Å². The number of likely N-dealkylation sites (tertiary alicyclic amines) is 1. The van der Waals surface area contributed by atoms with E-state index in [0.29, 0.717) is 5.69 Å². The lowest BCUT2D eigenvalue weighted by molar-refractivity contribution is -0.0230. The number of hydrogen-bond acceptors (Lipinski definition) is 3. The van der Waals surface area contributed by atoms with Gasteiger partial charge in [0.1, 0.15) is 0 Å². The Labute approximate surface area is 154 Å². The van der Waals surface area contributed by atoms with E-state index in [1.54, 1.807) is 0 Å². The summed E-state index contributed by atoms with van der Waals surface area (Å²) in [7, 11) is 1.92. The van der Waals surface area contributed by atoms with E-state index < -0.39 is 0 Å². The van der Waals surface area contributed by atoms with Gasteiger partial charge in [-0.05, 0) is 42.7 Å². The van der Waals surface area contributed by atoms with Crippen LogP contribution in [0.2, 0.25) is 0 Å². The average molecular weight is 353 g/mol. The summed E-state index contributed by atoms with van der Waals surface area (Å²) in [5, 5.41) is 4.52. The summed E-state index contributed by atoms with van der Waals surface area (Å²) in [5.74, 6) is 0.0745. The van der Waals surface area contributed by atoms with E-state index in [9.17, 15) is 4.79 Å². The van der Waals surface area contributed by atoms with Crippen molar-refractivity contribution < 1.29 is 9.53 Å². The van der Waals surface area contributed by atoms with Crippen LogP contribution in [0.1, 0.15) is 47.4 Å². The number of nitrogens with zero attached hydrogens (tertiary/aromatic N) is 3. The van der Waals surface area contributed by atoms with Crippen LogP contribution >= 0.6 is 0 Å². The van der Waals surface area contributed by atoms with E-state index >= 15 is 0 Å². The van der Waals surface area contributed by atoms with Crippen molar-refractivity contribution in [3.05, 3.63) is 53.3 Å². The number of aryl methyl sites for hydroxylation is 1. The highest BCUT2D eigenvalue weighted by Gasteiger charge is 2.39. The van der Waals surface area contributed by atoms with Crippen LogP contribution in [0.25, 0.3) is 0 Å². The van der Waals surface area contributed by atoms with Gasteiger partial charge in [0.05, 0.1) is 0 Å². The van der Waals surface area contributed by atoms with E-state index in [1.165, 1.54) is 12.0 Å². The Balaban J connectivity index is 1.48. The fourth-order valence-electron chi connectivity index (χ4n) is 4.34. The third-order valence-electron chi connectivity index (χ3n) is 5.93. The number of carbonyl (C=O) groups is 1. The molecule has 2 aromatic rings. The Hall–Kier alpha value is -2.14. The van der Waals surface area contributed by atoms with Crippen LogP contribution in [0.4, 0.5) is 0 Å². The Kier molecular flexibility index (Phi) is 4.81. The molecule has 0 bridgehead atoms. The Morgan fingerprint density at radius 1 is 1.19 bits per heavy atom. The first-order valence-electron chi connectivity index (χ1n) is 9.59. The Bertz CT molecular complexity index is 757. The predicted molar refractivity (Wildman–Crippen MR) is 100 cm³/mol. The number of hydrogen-bond donors (Lipinski definition) is 0. The van der Waals surface area contributed by atoms with Gasteiger partial charge >= 0.3 is 0 Å². The molecule has 1 amide bonds. The van der Waals surface area contributed by atoms with Crippen LogP contribution in [0, 0.1) is 5.41 Å². The zero-order valence-corrected chi connectivity index (χ0v) is 15.5. The lowest BCUT2D eigenvalue weighted by Crippen LogP contribution is -2.48. The molecule has 0 radical (unpaired) electrons. The van der Waals surface area contributed by atoms with E-state index in [1.807, 2.05) is 40.9 Å². The van der Waals surface area contributed by atoms with Crippen LogP contribution < -0.4 is 0 Å². The molecular weight excluding hydrogens is 326 g/mol. The van der Waals surface area contributed by atoms with Gasteiger partial charge in [0, 0.05) is 45.5 Å². The number of amides is 1. The van der Waals surface area contributed by atoms with Gasteiger partial charge in [-0.25, -0.2) is 0 Å². The second-order valence-electron chi connectivity index (χ2n) is 7.75. The van der Waals surface area contributed by atoms with Crippen LogP contribution in [0.5, 0.6) is 0 Å². The molecule has 5 nitrogen and oxygen atoms in total. The first kappa shape index (κ1) is 17.3. The lowest BCUT2D eigenvalue weighted by atomic mass is 9.74. The molecule has 138 valence electrons. The fourth-order valence-corrected chi connectivity index (χ4v) is 4.34. The summed E-state index contributed by atoms with van der Waals surface area (Å²) >= 11 is 0. The second-order valence-corrected chi connectivity index (χ2v) is 7.75. The summed E-state index contributed by atoms with van der Waals surface area (Å²) in [6, 6.07) is 12.3. The quantitative estimate of drug-likeness (QED) is 0.852. The second kappa shape index (κ2) is 7.23. The van der Waals surface area contributed by atoms with Gasteiger partial charge in [-0.2, -0.15) is 5.10 Å². The van der Waals surface area contributed by atoms with Crippen molar-refractivity contribution in [2.45, 2.75) is 32.1 Å². The third kappa shape index (κ3) is 3.54. The minimum absolute atomic E-state index is 0.0745. The maximum absolute atomic E-state index is 13.1. The van der Waals surface area contributed by atoms with Crippen molar-refractivity contribution in [1.29, 1.82) is 0 Å². The highest BCUT2D eigenvalue weighted by molar-refractivity contribution is 5.92. The first-order valence-corrected chi connectivity index (χ1v) is 9.59. The topological polar surface area (TPSA) is 47.4 Å². The SMILES string of the molecule is Cn1nc(C(=O)N2CCCC3(CCOCC3)C2)cc1Cc1ccccc1. The molecule has 2 saturated heterocycles. The van der Waals surface area contributed by atoms with Crippen LogP contribution in [0.15, 0.2) is 36.4 Å². The van der Waals surface area contributed by atoms with Gasteiger partial charge in [0.15, 0.2) is 5.69 Å².